The third kappa shape index (κ3) is 2.68. The molecule has 0 spiro atoms. The monoisotopic (exact) mass is 301 g/mol. The number of rotatable bonds is 1. The maximum atomic E-state index is 13.9. The van der Waals surface area contributed by atoms with Crippen molar-refractivity contribution in [2.75, 3.05) is 0 Å². The summed E-state index contributed by atoms with van der Waals surface area (Å²) in [5.74, 6) is -0.324. The van der Waals surface area contributed by atoms with E-state index in [-0.39, 0.29) is 11.2 Å². The predicted molar refractivity (Wildman–Crippen MR) is 87.4 cm³/mol. The van der Waals surface area contributed by atoms with Gasteiger partial charge in [0.2, 0.25) is 0 Å². The zero-order valence-electron chi connectivity index (χ0n) is 12.3. The van der Waals surface area contributed by atoms with Gasteiger partial charge in [-0.05, 0) is 34.7 Å². The second-order valence-electron chi connectivity index (χ2n) is 6.36. The Hall–Kier alpha value is -1.80. The molecule has 0 saturated carbocycles. The van der Waals surface area contributed by atoms with E-state index in [0.717, 1.165) is 16.6 Å². The molecule has 0 fully saturated rings. The normalized spacial score (nSPS) is 12.0. The molecule has 0 unspecified atom stereocenters. The fourth-order valence-electron chi connectivity index (χ4n) is 2.47. The van der Waals surface area contributed by atoms with Crippen molar-refractivity contribution in [2.45, 2.75) is 26.2 Å². The lowest BCUT2D eigenvalue weighted by Crippen LogP contribution is -2.10. The van der Waals surface area contributed by atoms with Crippen LogP contribution in [0.1, 0.15) is 26.3 Å². The summed E-state index contributed by atoms with van der Waals surface area (Å²) in [6, 6.07) is 13.4. The van der Waals surface area contributed by atoms with Crippen molar-refractivity contribution in [2.24, 2.45) is 0 Å². The van der Waals surface area contributed by atoms with Crippen LogP contribution in [0, 0.1) is 5.82 Å². The molecule has 2 aromatic carbocycles. The number of nitrogens with one attached hydrogen (secondary N) is 1. The zero-order chi connectivity index (χ0) is 15.2. The van der Waals surface area contributed by atoms with Gasteiger partial charge < -0.3 is 4.98 Å². The minimum absolute atomic E-state index is 0.124. The molecule has 0 bridgehead atoms. The molecule has 108 valence electrons. The van der Waals surface area contributed by atoms with Gasteiger partial charge >= 0.3 is 0 Å². The van der Waals surface area contributed by atoms with Crippen molar-refractivity contribution in [3.8, 4) is 11.3 Å². The molecule has 1 nitrogen and oxygen atoms in total. The molecule has 0 radical (unpaired) electrons. The fraction of sp³-hybridized carbons (Fsp3) is 0.222. The molecule has 0 atom stereocenters. The van der Waals surface area contributed by atoms with Crippen LogP contribution in [0.15, 0.2) is 42.5 Å². The first-order valence-electron chi connectivity index (χ1n) is 6.93. The highest BCUT2D eigenvalue weighted by atomic mass is 35.5. The summed E-state index contributed by atoms with van der Waals surface area (Å²) in [6.07, 6.45) is 0. The molecule has 0 amide bonds. The van der Waals surface area contributed by atoms with E-state index in [4.69, 9.17) is 11.6 Å². The number of aromatic nitrogens is 1. The van der Waals surface area contributed by atoms with E-state index in [9.17, 15) is 4.39 Å². The molecule has 1 aromatic heterocycles. The van der Waals surface area contributed by atoms with Crippen molar-refractivity contribution in [1.29, 1.82) is 0 Å². The van der Waals surface area contributed by atoms with Gasteiger partial charge in [0.15, 0.2) is 0 Å². The van der Waals surface area contributed by atoms with Crippen LogP contribution in [0.5, 0.6) is 0 Å². The van der Waals surface area contributed by atoms with Gasteiger partial charge in [-0.1, -0.05) is 56.6 Å². The SMILES string of the molecule is CC(C)(C)c1ccc(-c2cc3cc(Cl)cc(F)c3[nH]2)cc1. The first-order valence-corrected chi connectivity index (χ1v) is 7.31. The lowest BCUT2D eigenvalue weighted by molar-refractivity contribution is 0.590. The van der Waals surface area contributed by atoms with Crippen molar-refractivity contribution >= 4 is 22.5 Å². The van der Waals surface area contributed by atoms with E-state index in [1.807, 2.05) is 6.07 Å². The summed E-state index contributed by atoms with van der Waals surface area (Å²) < 4.78 is 13.9. The molecule has 0 aliphatic rings. The maximum absolute atomic E-state index is 13.9. The van der Waals surface area contributed by atoms with Crippen molar-refractivity contribution in [1.82, 2.24) is 4.98 Å². The summed E-state index contributed by atoms with van der Waals surface area (Å²) in [6.45, 7) is 6.55. The highest BCUT2D eigenvalue weighted by Gasteiger charge is 2.14. The summed E-state index contributed by atoms with van der Waals surface area (Å²) in [5, 5.41) is 1.20. The Bertz CT molecular complexity index is 794. The van der Waals surface area contributed by atoms with E-state index in [1.54, 1.807) is 6.07 Å². The van der Waals surface area contributed by atoms with Crippen molar-refractivity contribution < 1.29 is 4.39 Å². The summed E-state index contributed by atoms with van der Waals surface area (Å²) in [7, 11) is 0. The van der Waals surface area contributed by atoms with E-state index in [2.05, 4.69) is 50.0 Å². The Kier molecular flexibility index (Phi) is 3.29. The lowest BCUT2D eigenvalue weighted by Gasteiger charge is -2.19. The molecular formula is C18H17ClFN. The number of benzene rings is 2. The Morgan fingerprint density at radius 2 is 1.67 bits per heavy atom. The Morgan fingerprint density at radius 1 is 1.00 bits per heavy atom. The van der Waals surface area contributed by atoms with Crippen LogP contribution >= 0.6 is 11.6 Å². The Labute approximate surface area is 128 Å². The minimum atomic E-state index is -0.324. The number of hydrogen-bond donors (Lipinski definition) is 1. The van der Waals surface area contributed by atoms with Gasteiger partial charge in [0.05, 0.1) is 5.52 Å². The quantitative estimate of drug-likeness (QED) is 0.574. The van der Waals surface area contributed by atoms with Gasteiger partial charge in [-0.3, -0.25) is 0 Å². The van der Waals surface area contributed by atoms with E-state index < -0.39 is 0 Å². The van der Waals surface area contributed by atoms with Gasteiger partial charge in [0.25, 0.3) is 0 Å². The van der Waals surface area contributed by atoms with E-state index >= 15 is 0 Å². The summed E-state index contributed by atoms with van der Waals surface area (Å²) in [5.41, 5.74) is 3.82. The molecule has 0 aliphatic heterocycles. The van der Waals surface area contributed by atoms with Crippen LogP contribution in [-0.4, -0.2) is 4.98 Å². The maximum Gasteiger partial charge on any atom is 0.148 e. The van der Waals surface area contributed by atoms with Crippen LogP contribution in [0.4, 0.5) is 4.39 Å². The van der Waals surface area contributed by atoms with Crippen LogP contribution < -0.4 is 0 Å². The number of aromatic amines is 1. The Balaban J connectivity index is 2.06. The standard InChI is InChI=1S/C18H17ClFN/c1-18(2,3)13-6-4-11(5-7-13)16-9-12-8-14(19)10-15(20)17(12)21-16/h4-10,21H,1-3H3. The first-order chi connectivity index (χ1) is 9.84. The van der Waals surface area contributed by atoms with Gasteiger partial charge in [-0.2, -0.15) is 0 Å². The second-order valence-corrected chi connectivity index (χ2v) is 6.80. The average Bonchev–Trinajstić information content (AvgIpc) is 2.82. The third-order valence-corrected chi connectivity index (χ3v) is 3.93. The molecule has 0 aliphatic carbocycles. The molecule has 3 aromatic rings. The summed E-state index contributed by atoms with van der Waals surface area (Å²) in [4.78, 5) is 3.13. The number of hydrogen-bond acceptors (Lipinski definition) is 0. The highest BCUT2D eigenvalue weighted by molar-refractivity contribution is 6.31. The predicted octanol–water partition coefficient (Wildman–Crippen LogP) is 5.92. The zero-order valence-corrected chi connectivity index (χ0v) is 13.1. The van der Waals surface area contributed by atoms with Crippen LogP contribution in [-0.2, 0) is 5.41 Å². The topological polar surface area (TPSA) is 15.8 Å². The van der Waals surface area contributed by atoms with Crippen molar-refractivity contribution in [3.05, 3.63) is 58.9 Å². The van der Waals surface area contributed by atoms with Gasteiger partial charge in [0, 0.05) is 16.1 Å². The molecular weight excluding hydrogens is 285 g/mol. The lowest BCUT2D eigenvalue weighted by atomic mass is 9.86. The first kappa shape index (κ1) is 14.2. The van der Waals surface area contributed by atoms with Gasteiger partial charge in [0.1, 0.15) is 5.82 Å². The Morgan fingerprint density at radius 3 is 2.29 bits per heavy atom. The number of halogens is 2. The third-order valence-electron chi connectivity index (χ3n) is 3.71. The second kappa shape index (κ2) is 4.88. The van der Waals surface area contributed by atoms with Gasteiger partial charge in [-0.15, -0.1) is 0 Å². The van der Waals surface area contributed by atoms with Crippen molar-refractivity contribution in [3.63, 3.8) is 0 Å². The van der Waals surface area contributed by atoms with E-state index in [0.29, 0.717) is 10.5 Å². The molecule has 0 saturated heterocycles. The number of H-pyrrole nitrogens is 1. The molecule has 1 heterocycles. The fourth-order valence-corrected chi connectivity index (χ4v) is 2.68. The molecule has 1 N–H and O–H groups in total. The summed E-state index contributed by atoms with van der Waals surface area (Å²) >= 11 is 5.90. The number of fused-ring (bicyclic) bond motifs is 1. The molecule has 3 rings (SSSR count). The van der Waals surface area contributed by atoms with Crippen LogP contribution in [0.2, 0.25) is 5.02 Å². The van der Waals surface area contributed by atoms with Gasteiger partial charge in [-0.25, -0.2) is 4.39 Å². The highest BCUT2D eigenvalue weighted by Crippen LogP contribution is 2.30. The van der Waals surface area contributed by atoms with E-state index in [1.165, 1.54) is 11.6 Å². The minimum Gasteiger partial charge on any atom is -0.352 e. The van der Waals surface area contributed by atoms with Crippen LogP contribution in [0.25, 0.3) is 22.2 Å². The van der Waals surface area contributed by atoms with Crippen LogP contribution in [0.3, 0.4) is 0 Å². The smallest absolute Gasteiger partial charge is 0.148 e. The molecule has 3 heteroatoms. The average molecular weight is 302 g/mol. The largest absolute Gasteiger partial charge is 0.352 e. The molecule has 21 heavy (non-hydrogen) atoms.